The van der Waals surface area contributed by atoms with Crippen molar-refractivity contribution < 1.29 is 26.8 Å². The van der Waals surface area contributed by atoms with Crippen molar-refractivity contribution in [3.63, 3.8) is 0 Å². The van der Waals surface area contributed by atoms with Gasteiger partial charge in [-0.05, 0) is 52.3 Å². The van der Waals surface area contributed by atoms with Crippen LogP contribution in [0.1, 0.15) is 23.2 Å². The third-order valence-corrected chi connectivity index (χ3v) is 5.30. The van der Waals surface area contributed by atoms with Crippen molar-refractivity contribution in [2.24, 2.45) is 0 Å². The van der Waals surface area contributed by atoms with Crippen LogP contribution in [0.5, 0.6) is 0 Å². The van der Waals surface area contributed by atoms with Crippen LogP contribution in [0, 0.1) is 0 Å². The summed E-state index contributed by atoms with van der Waals surface area (Å²) in [5.41, 5.74) is 0.195. The molecule has 0 fully saturated rings. The molecular formula is C16H14BrN3O6S. The number of nitrogens with one attached hydrogen (secondary N) is 1. The minimum absolute atomic E-state index is 0.0621. The summed E-state index contributed by atoms with van der Waals surface area (Å²) in [7, 11) is -3.58. The number of furan rings is 1. The van der Waals surface area contributed by atoms with Crippen molar-refractivity contribution in [2.45, 2.75) is 18.4 Å². The van der Waals surface area contributed by atoms with E-state index in [1.807, 2.05) is 0 Å². The quantitative estimate of drug-likeness (QED) is 0.539. The summed E-state index contributed by atoms with van der Waals surface area (Å²) < 4.78 is 42.4. The fourth-order valence-electron chi connectivity index (χ4n) is 2.09. The molecule has 0 atom stereocenters. The first-order valence-electron chi connectivity index (χ1n) is 7.74. The van der Waals surface area contributed by atoms with Gasteiger partial charge in [-0.3, -0.25) is 0 Å². The standard InChI is InChI=1S/C16H14BrN3O6S/c1-2-18-27(22,23)11-5-3-10(4-6-11)16(21)24-9-14-19-20-15(26-14)12-7-8-13(17)25-12/h3-8,18H,2,9H2,1H3. The minimum Gasteiger partial charge on any atom is -0.452 e. The Morgan fingerprint density at radius 1 is 1.15 bits per heavy atom. The van der Waals surface area contributed by atoms with Gasteiger partial charge in [0.1, 0.15) is 0 Å². The molecule has 0 spiro atoms. The molecule has 3 aromatic rings. The smallest absolute Gasteiger partial charge is 0.338 e. The second-order valence-electron chi connectivity index (χ2n) is 5.21. The SMILES string of the molecule is CCNS(=O)(=O)c1ccc(C(=O)OCc2nnc(-c3ccc(Br)o3)o2)cc1. The number of ether oxygens (including phenoxy) is 1. The van der Waals surface area contributed by atoms with E-state index >= 15 is 0 Å². The molecule has 0 unspecified atom stereocenters. The molecule has 2 aromatic heterocycles. The van der Waals surface area contributed by atoms with E-state index in [2.05, 4.69) is 30.8 Å². The van der Waals surface area contributed by atoms with E-state index in [9.17, 15) is 13.2 Å². The van der Waals surface area contributed by atoms with E-state index < -0.39 is 16.0 Å². The van der Waals surface area contributed by atoms with Gasteiger partial charge in [-0.1, -0.05) is 6.92 Å². The lowest BCUT2D eigenvalue weighted by atomic mass is 10.2. The molecule has 0 radical (unpaired) electrons. The normalized spacial score (nSPS) is 11.5. The number of benzene rings is 1. The summed E-state index contributed by atoms with van der Waals surface area (Å²) in [5.74, 6) is -0.0192. The summed E-state index contributed by atoms with van der Waals surface area (Å²) in [6.45, 7) is 1.72. The highest BCUT2D eigenvalue weighted by atomic mass is 79.9. The zero-order valence-corrected chi connectivity index (χ0v) is 16.4. The highest BCUT2D eigenvalue weighted by Gasteiger charge is 2.16. The minimum atomic E-state index is -3.58. The van der Waals surface area contributed by atoms with Crippen molar-refractivity contribution in [2.75, 3.05) is 6.54 Å². The van der Waals surface area contributed by atoms with Gasteiger partial charge in [0.25, 0.3) is 11.8 Å². The van der Waals surface area contributed by atoms with E-state index in [0.29, 0.717) is 10.4 Å². The Kier molecular flexibility index (Phi) is 5.73. The van der Waals surface area contributed by atoms with E-state index in [1.165, 1.54) is 24.3 Å². The van der Waals surface area contributed by atoms with Crippen LogP contribution in [0.25, 0.3) is 11.7 Å². The summed E-state index contributed by atoms with van der Waals surface area (Å²) >= 11 is 3.17. The first-order valence-corrected chi connectivity index (χ1v) is 10.0. The Bertz CT molecular complexity index is 1040. The topological polar surface area (TPSA) is 125 Å². The molecule has 3 rings (SSSR count). The molecule has 0 aliphatic heterocycles. The van der Waals surface area contributed by atoms with Crippen molar-refractivity contribution in [1.82, 2.24) is 14.9 Å². The van der Waals surface area contributed by atoms with E-state index in [4.69, 9.17) is 13.6 Å². The highest BCUT2D eigenvalue weighted by molar-refractivity contribution is 9.10. The molecule has 0 aliphatic rings. The van der Waals surface area contributed by atoms with Gasteiger partial charge < -0.3 is 13.6 Å². The largest absolute Gasteiger partial charge is 0.452 e. The zero-order chi connectivity index (χ0) is 19.4. The van der Waals surface area contributed by atoms with Crippen molar-refractivity contribution >= 4 is 31.9 Å². The lowest BCUT2D eigenvalue weighted by Gasteiger charge is -2.06. The molecule has 9 nitrogen and oxygen atoms in total. The number of nitrogens with zero attached hydrogens (tertiary/aromatic N) is 2. The summed E-state index contributed by atoms with van der Waals surface area (Å²) in [5, 5.41) is 7.59. The maximum atomic E-state index is 12.1. The summed E-state index contributed by atoms with van der Waals surface area (Å²) in [4.78, 5) is 12.1. The Morgan fingerprint density at radius 2 is 1.89 bits per heavy atom. The van der Waals surface area contributed by atoms with Gasteiger partial charge in [0.2, 0.25) is 10.0 Å². The monoisotopic (exact) mass is 455 g/mol. The maximum absolute atomic E-state index is 12.1. The number of halogens is 1. The molecule has 0 amide bonds. The van der Waals surface area contributed by atoms with Crippen molar-refractivity contribution in [3.05, 3.63) is 52.5 Å². The molecule has 0 aliphatic carbocycles. The molecule has 11 heteroatoms. The summed E-state index contributed by atoms with van der Waals surface area (Å²) in [6.07, 6.45) is 0. The van der Waals surface area contributed by atoms with Crippen LogP contribution in [0.15, 0.2) is 54.8 Å². The van der Waals surface area contributed by atoms with Crippen LogP contribution >= 0.6 is 15.9 Å². The van der Waals surface area contributed by atoms with Crippen molar-refractivity contribution in [1.29, 1.82) is 0 Å². The number of esters is 1. The first kappa shape index (κ1) is 19.3. The number of hydrogen-bond donors (Lipinski definition) is 1. The van der Waals surface area contributed by atoms with Gasteiger partial charge in [-0.25, -0.2) is 17.9 Å². The van der Waals surface area contributed by atoms with E-state index in [0.717, 1.165) is 0 Å². The van der Waals surface area contributed by atoms with Crippen LogP contribution in [-0.4, -0.2) is 31.1 Å². The lowest BCUT2D eigenvalue weighted by molar-refractivity contribution is 0.0438. The van der Waals surface area contributed by atoms with E-state index in [-0.39, 0.29) is 35.4 Å². The Labute approximate surface area is 162 Å². The van der Waals surface area contributed by atoms with Crippen LogP contribution in [-0.2, 0) is 21.4 Å². The molecular weight excluding hydrogens is 442 g/mol. The average Bonchev–Trinajstić information content (AvgIpc) is 3.28. The van der Waals surface area contributed by atoms with Gasteiger partial charge >= 0.3 is 5.97 Å². The molecule has 1 N–H and O–H groups in total. The Morgan fingerprint density at radius 3 is 2.52 bits per heavy atom. The van der Waals surface area contributed by atoms with Gasteiger partial charge in [-0.2, -0.15) is 0 Å². The fourth-order valence-corrected chi connectivity index (χ4v) is 3.44. The zero-order valence-electron chi connectivity index (χ0n) is 14.0. The maximum Gasteiger partial charge on any atom is 0.338 e. The molecule has 1 aromatic carbocycles. The Hall–Kier alpha value is -2.50. The third kappa shape index (κ3) is 4.62. The average molecular weight is 456 g/mol. The van der Waals surface area contributed by atoms with Crippen LogP contribution < -0.4 is 4.72 Å². The molecule has 0 saturated carbocycles. The number of carbonyl (C=O) groups is 1. The molecule has 0 bridgehead atoms. The molecule has 27 heavy (non-hydrogen) atoms. The molecule has 2 heterocycles. The number of hydrogen-bond acceptors (Lipinski definition) is 8. The second kappa shape index (κ2) is 8.03. The Balaban J connectivity index is 1.62. The van der Waals surface area contributed by atoms with Gasteiger partial charge in [-0.15, -0.1) is 10.2 Å². The van der Waals surface area contributed by atoms with Gasteiger partial charge in [0.15, 0.2) is 17.0 Å². The first-order chi connectivity index (χ1) is 12.9. The van der Waals surface area contributed by atoms with Gasteiger partial charge in [0.05, 0.1) is 10.5 Å². The van der Waals surface area contributed by atoms with Crippen LogP contribution in [0.2, 0.25) is 0 Å². The second-order valence-corrected chi connectivity index (χ2v) is 7.76. The van der Waals surface area contributed by atoms with E-state index in [1.54, 1.807) is 19.1 Å². The predicted molar refractivity (Wildman–Crippen MR) is 96.1 cm³/mol. The predicted octanol–water partition coefficient (Wildman–Crippen LogP) is 2.75. The molecule has 0 saturated heterocycles. The molecule has 142 valence electrons. The third-order valence-electron chi connectivity index (χ3n) is 3.31. The summed E-state index contributed by atoms with van der Waals surface area (Å²) in [6, 6.07) is 8.72. The lowest BCUT2D eigenvalue weighted by Crippen LogP contribution is -2.23. The van der Waals surface area contributed by atoms with Crippen molar-refractivity contribution in [3.8, 4) is 11.7 Å². The highest BCUT2D eigenvalue weighted by Crippen LogP contribution is 2.24. The number of rotatable bonds is 7. The van der Waals surface area contributed by atoms with Crippen LogP contribution in [0.4, 0.5) is 0 Å². The number of carbonyl (C=O) groups excluding carboxylic acids is 1. The number of aromatic nitrogens is 2. The fraction of sp³-hybridized carbons (Fsp3) is 0.188. The number of sulfonamides is 1. The van der Waals surface area contributed by atoms with Crippen LogP contribution in [0.3, 0.4) is 0 Å². The van der Waals surface area contributed by atoms with Gasteiger partial charge in [0, 0.05) is 6.54 Å².